The van der Waals surface area contributed by atoms with E-state index >= 15 is 0 Å². The Morgan fingerprint density at radius 1 is 1.03 bits per heavy atom. The number of sulfonamides is 1. The summed E-state index contributed by atoms with van der Waals surface area (Å²) in [5, 5.41) is 3.07. The van der Waals surface area contributed by atoms with Gasteiger partial charge in [0.1, 0.15) is 6.61 Å². The van der Waals surface area contributed by atoms with E-state index in [-0.39, 0.29) is 36.6 Å². The van der Waals surface area contributed by atoms with Crippen molar-refractivity contribution in [2.75, 3.05) is 33.9 Å². The van der Waals surface area contributed by atoms with Crippen molar-refractivity contribution in [3.8, 4) is 0 Å². The molecule has 0 radical (unpaired) electrons. The third-order valence-corrected chi connectivity index (χ3v) is 8.06. The second-order valence-electron chi connectivity index (χ2n) is 9.21. The maximum Gasteiger partial charge on any atom is 0.246 e. The van der Waals surface area contributed by atoms with Gasteiger partial charge in [-0.3, -0.25) is 4.79 Å². The van der Waals surface area contributed by atoms with Crippen LogP contribution in [0, 0.1) is 12.8 Å². The third-order valence-electron chi connectivity index (χ3n) is 6.44. The highest BCUT2D eigenvalue weighted by atomic mass is 32.2. The summed E-state index contributed by atoms with van der Waals surface area (Å²) >= 11 is 0. The Bertz CT molecular complexity index is 1020. The largest absolute Gasteiger partial charge is 0.370 e. The van der Waals surface area contributed by atoms with E-state index in [9.17, 15) is 13.2 Å². The average Bonchev–Trinajstić information content (AvgIpc) is 2.81. The van der Waals surface area contributed by atoms with Crippen LogP contribution < -0.4 is 10.0 Å². The van der Waals surface area contributed by atoms with Gasteiger partial charge in [0.2, 0.25) is 15.9 Å². The summed E-state index contributed by atoms with van der Waals surface area (Å²) in [6, 6.07) is 18.0. The fourth-order valence-electron chi connectivity index (χ4n) is 4.84. The lowest BCUT2D eigenvalue weighted by molar-refractivity contribution is -0.126. The first kappa shape index (κ1) is 26.3. The van der Waals surface area contributed by atoms with Crippen LogP contribution in [0.25, 0.3) is 0 Å². The summed E-state index contributed by atoms with van der Waals surface area (Å²) in [6.07, 6.45) is 4.02. The summed E-state index contributed by atoms with van der Waals surface area (Å²) in [5.74, 6) is 0.403. The van der Waals surface area contributed by atoms with Gasteiger partial charge in [-0.2, -0.15) is 0 Å². The molecule has 0 spiro atoms. The zero-order chi connectivity index (χ0) is 24.6. The van der Waals surface area contributed by atoms with Gasteiger partial charge < -0.3 is 15.0 Å². The fourth-order valence-corrected chi connectivity index (χ4v) is 6.10. The molecule has 1 atom stereocenters. The quantitative estimate of drug-likeness (QED) is 0.475. The fraction of sp³-hybridized carbons (Fsp3) is 0.500. The van der Waals surface area contributed by atoms with Crippen LogP contribution in [0.5, 0.6) is 0 Å². The van der Waals surface area contributed by atoms with E-state index in [1.807, 2.05) is 6.07 Å². The third kappa shape index (κ3) is 7.37. The number of nitrogens with zero attached hydrogens (tertiary/aromatic N) is 1. The van der Waals surface area contributed by atoms with E-state index < -0.39 is 10.0 Å². The molecular weight excluding hydrogens is 450 g/mol. The predicted molar refractivity (Wildman–Crippen MR) is 134 cm³/mol. The Morgan fingerprint density at radius 2 is 1.68 bits per heavy atom. The van der Waals surface area contributed by atoms with Gasteiger partial charge in [0, 0.05) is 18.6 Å². The highest BCUT2D eigenvalue weighted by Crippen LogP contribution is 2.37. The first-order valence-corrected chi connectivity index (χ1v) is 13.4. The monoisotopic (exact) mass is 487 g/mol. The van der Waals surface area contributed by atoms with Crippen LogP contribution in [-0.2, 0) is 19.6 Å². The molecule has 2 aromatic carbocycles. The molecule has 1 saturated carbocycles. The smallest absolute Gasteiger partial charge is 0.246 e. The molecule has 2 aromatic rings. The number of rotatable bonds is 11. The van der Waals surface area contributed by atoms with Crippen molar-refractivity contribution in [3.63, 3.8) is 0 Å². The predicted octanol–water partition coefficient (Wildman–Crippen LogP) is 3.27. The van der Waals surface area contributed by atoms with Crippen LogP contribution in [0.15, 0.2) is 59.5 Å². The zero-order valence-corrected chi connectivity index (χ0v) is 21.2. The van der Waals surface area contributed by atoms with Crippen molar-refractivity contribution in [1.82, 2.24) is 14.9 Å². The van der Waals surface area contributed by atoms with Gasteiger partial charge in [-0.1, -0.05) is 48.5 Å². The molecule has 7 nitrogen and oxygen atoms in total. The molecule has 0 aromatic heterocycles. The maximum absolute atomic E-state index is 12.4. The highest BCUT2D eigenvalue weighted by molar-refractivity contribution is 7.89. The zero-order valence-electron chi connectivity index (χ0n) is 20.4. The Labute approximate surface area is 203 Å². The van der Waals surface area contributed by atoms with Crippen molar-refractivity contribution >= 4 is 15.9 Å². The molecule has 1 aliphatic rings. The van der Waals surface area contributed by atoms with Crippen LogP contribution in [0.4, 0.5) is 0 Å². The molecule has 2 N–H and O–H groups in total. The Balaban J connectivity index is 1.36. The molecule has 1 fully saturated rings. The summed E-state index contributed by atoms with van der Waals surface area (Å²) in [4.78, 5) is 14.8. The molecule has 1 unspecified atom stereocenters. The van der Waals surface area contributed by atoms with Gasteiger partial charge in [0.15, 0.2) is 0 Å². The van der Waals surface area contributed by atoms with Gasteiger partial charge in [-0.25, -0.2) is 13.1 Å². The van der Waals surface area contributed by atoms with Crippen LogP contribution in [0.1, 0.15) is 42.9 Å². The molecule has 0 saturated heterocycles. The first-order valence-electron chi connectivity index (χ1n) is 11.9. The molecule has 1 amide bonds. The summed E-state index contributed by atoms with van der Waals surface area (Å²) < 4.78 is 32.7. The molecule has 0 bridgehead atoms. The number of hydrogen-bond donors (Lipinski definition) is 2. The van der Waals surface area contributed by atoms with Crippen LogP contribution >= 0.6 is 0 Å². The van der Waals surface area contributed by atoms with Crippen LogP contribution in [0.2, 0.25) is 0 Å². The lowest BCUT2D eigenvalue weighted by atomic mass is 9.78. The molecule has 34 heavy (non-hydrogen) atoms. The highest BCUT2D eigenvalue weighted by Gasteiger charge is 2.30. The standard InChI is InChI=1S/C26H37N3O4S/c1-20-9-7-8-12-24(20)34(31,32)27-17-18-33-19-25(30)28-23-15-13-22(14-16-23)26(29(2)3)21-10-5-4-6-11-21/h4-12,22-23,26-27H,13-19H2,1-3H3,(H,28,30). The minimum absolute atomic E-state index is 0.0731. The lowest BCUT2D eigenvalue weighted by Crippen LogP contribution is -2.41. The molecule has 0 aliphatic heterocycles. The Hall–Kier alpha value is -2.26. The van der Waals surface area contributed by atoms with Gasteiger partial charge in [0.25, 0.3) is 0 Å². The average molecular weight is 488 g/mol. The topological polar surface area (TPSA) is 87.7 Å². The SMILES string of the molecule is Cc1ccccc1S(=O)(=O)NCCOCC(=O)NC1CCC(C(c2ccccc2)N(C)C)CC1. The number of carbonyl (C=O) groups is 1. The number of carbonyl (C=O) groups excluding carboxylic acids is 1. The number of ether oxygens (including phenoxy) is 1. The van der Waals surface area contributed by atoms with Gasteiger partial charge in [-0.15, -0.1) is 0 Å². The van der Waals surface area contributed by atoms with E-state index in [4.69, 9.17) is 4.74 Å². The number of amides is 1. The lowest BCUT2D eigenvalue weighted by Gasteiger charge is -2.37. The van der Waals surface area contributed by atoms with Gasteiger partial charge in [-0.05, 0) is 69.8 Å². The van der Waals surface area contributed by atoms with Crippen molar-refractivity contribution in [1.29, 1.82) is 0 Å². The number of benzene rings is 2. The molecule has 0 heterocycles. The van der Waals surface area contributed by atoms with E-state index in [0.717, 1.165) is 25.7 Å². The minimum atomic E-state index is -3.59. The number of aryl methyl sites for hydroxylation is 1. The van der Waals surface area contributed by atoms with Crippen molar-refractivity contribution in [3.05, 3.63) is 65.7 Å². The van der Waals surface area contributed by atoms with E-state index in [1.165, 1.54) is 5.56 Å². The minimum Gasteiger partial charge on any atom is -0.370 e. The molecule has 3 rings (SSSR count). The van der Waals surface area contributed by atoms with E-state index in [1.54, 1.807) is 31.2 Å². The van der Waals surface area contributed by atoms with Crippen LogP contribution in [-0.4, -0.2) is 59.1 Å². The normalized spacial score (nSPS) is 19.6. The van der Waals surface area contributed by atoms with Gasteiger partial charge >= 0.3 is 0 Å². The van der Waals surface area contributed by atoms with Gasteiger partial charge in [0.05, 0.1) is 11.5 Å². The molecule has 8 heteroatoms. The maximum atomic E-state index is 12.4. The van der Waals surface area contributed by atoms with E-state index in [0.29, 0.717) is 17.5 Å². The Morgan fingerprint density at radius 3 is 2.32 bits per heavy atom. The second-order valence-corrected chi connectivity index (χ2v) is 10.9. The molecular formula is C26H37N3O4S. The van der Waals surface area contributed by atoms with Crippen molar-refractivity contribution in [2.45, 2.75) is 49.6 Å². The number of hydrogen-bond acceptors (Lipinski definition) is 5. The Kier molecular flexibility index (Phi) is 9.64. The molecule has 1 aliphatic carbocycles. The van der Waals surface area contributed by atoms with Crippen LogP contribution in [0.3, 0.4) is 0 Å². The van der Waals surface area contributed by atoms with E-state index in [2.05, 4.69) is 53.3 Å². The summed E-state index contributed by atoms with van der Waals surface area (Å²) in [6.45, 7) is 1.93. The summed E-state index contributed by atoms with van der Waals surface area (Å²) in [7, 11) is 0.671. The first-order chi connectivity index (χ1) is 16.3. The molecule has 186 valence electrons. The number of nitrogens with one attached hydrogen (secondary N) is 2. The summed E-state index contributed by atoms with van der Waals surface area (Å²) in [5.41, 5.74) is 2.03. The van der Waals surface area contributed by atoms with Crippen molar-refractivity contribution < 1.29 is 17.9 Å². The second kappa shape index (κ2) is 12.4. The van der Waals surface area contributed by atoms with Crippen molar-refractivity contribution in [2.24, 2.45) is 5.92 Å².